The quantitative estimate of drug-likeness (QED) is 0.456. The highest BCUT2D eigenvalue weighted by atomic mass is 14.9. The van der Waals surface area contributed by atoms with Crippen molar-refractivity contribution in [3.05, 3.63) is 0 Å². The molecule has 0 aromatic heterocycles. The van der Waals surface area contributed by atoms with Gasteiger partial charge in [-0.3, -0.25) is 0 Å². The second kappa shape index (κ2) is 2.64. The summed E-state index contributed by atoms with van der Waals surface area (Å²) in [5.41, 5.74) is 0.585. The second-order valence-electron chi connectivity index (χ2n) is 3.72. The Balaban J connectivity index is 2.03. The fourth-order valence-electron chi connectivity index (χ4n) is 1.24. The summed E-state index contributed by atoms with van der Waals surface area (Å²) in [4.78, 5) is 0. The smallest absolute Gasteiger partial charge is 0.0573 e. The van der Waals surface area contributed by atoms with Crippen molar-refractivity contribution in [3.63, 3.8) is 0 Å². The van der Waals surface area contributed by atoms with Gasteiger partial charge in [-0.2, -0.15) is 0 Å². The molecule has 1 rings (SSSR count). The van der Waals surface area contributed by atoms with Crippen molar-refractivity contribution >= 4 is 0 Å². The van der Waals surface area contributed by atoms with Crippen LogP contribution in [0.5, 0.6) is 0 Å². The number of hydrogen-bond acceptors (Lipinski definition) is 1. The van der Waals surface area contributed by atoms with Gasteiger partial charge in [-0.25, -0.2) is 0 Å². The molecule has 0 aliphatic heterocycles. The standard InChI is InChI=1S/C9H15N/c1-4-5-10-7-8-6-9(8,2)3/h1,8,10H,5-7H2,2-3H3. The molecule has 1 fully saturated rings. The molecule has 0 saturated heterocycles. The Morgan fingerprint density at radius 1 is 1.70 bits per heavy atom. The van der Waals surface area contributed by atoms with Gasteiger partial charge in [0.1, 0.15) is 0 Å². The van der Waals surface area contributed by atoms with Crippen LogP contribution in [0.4, 0.5) is 0 Å². The van der Waals surface area contributed by atoms with Crippen molar-refractivity contribution in [2.24, 2.45) is 11.3 Å². The van der Waals surface area contributed by atoms with E-state index >= 15 is 0 Å². The first kappa shape index (κ1) is 7.63. The van der Waals surface area contributed by atoms with Gasteiger partial charge < -0.3 is 5.32 Å². The molecule has 1 aliphatic carbocycles. The van der Waals surface area contributed by atoms with E-state index in [1.807, 2.05) is 0 Å². The Labute approximate surface area is 63.2 Å². The number of hydrogen-bond donors (Lipinski definition) is 1. The molecule has 1 N–H and O–H groups in total. The highest BCUT2D eigenvalue weighted by Gasteiger charge is 2.44. The van der Waals surface area contributed by atoms with Crippen molar-refractivity contribution in [2.75, 3.05) is 13.1 Å². The summed E-state index contributed by atoms with van der Waals surface area (Å²) in [6.07, 6.45) is 6.44. The average Bonchev–Trinajstić information content (AvgIpc) is 2.41. The zero-order valence-electron chi connectivity index (χ0n) is 6.78. The first-order valence-electron chi connectivity index (χ1n) is 3.81. The fourth-order valence-corrected chi connectivity index (χ4v) is 1.24. The van der Waals surface area contributed by atoms with E-state index in [2.05, 4.69) is 25.1 Å². The molecule has 56 valence electrons. The number of terminal acetylenes is 1. The summed E-state index contributed by atoms with van der Waals surface area (Å²) in [5.74, 6) is 3.43. The van der Waals surface area contributed by atoms with Gasteiger partial charge in [0.2, 0.25) is 0 Å². The van der Waals surface area contributed by atoms with E-state index in [1.54, 1.807) is 0 Å². The summed E-state index contributed by atoms with van der Waals surface area (Å²) in [7, 11) is 0. The second-order valence-corrected chi connectivity index (χ2v) is 3.72. The van der Waals surface area contributed by atoms with Crippen LogP contribution in [-0.4, -0.2) is 13.1 Å². The van der Waals surface area contributed by atoms with Crippen molar-refractivity contribution in [1.29, 1.82) is 0 Å². The maximum atomic E-state index is 5.09. The molecule has 0 spiro atoms. The topological polar surface area (TPSA) is 12.0 Å². The van der Waals surface area contributed by atoms with E-state index in [-0.39, 0.29) is 0 Å². The Bertz CT molecular complexity index is 153. The first-order valence-corrected chi connectivity index (χ1v) is 3.81. The summed E-state index contributed by atoms with van der Waals surface area (Å²) in [6, 6.07) is 0. The molecule has 0 aromatic carbocycles. The molecule has 10 heavy (non-hydrogen) atoms. The van der Waals surface area contributed by atoms with Crippen LogP contribution >= 0.6 is 0 Å². The molecule has 1 aliphatic rings. The van der Waals surface area contributed by atoms with Crippen LogP contribution in [0, 0.1) is 23.7 Å². The minimum Gasteiger partial charge on any atom is -0.306 e. The van der Waals surface area contributed by atoms with E-state index < -0.39 is 0 Å². The van der Waals surface area contributed by atoms with E-state index in [0.717, 1.165) is 12.5 Å². The minimum atomic E-state index is 0.585. The molecule has 1 saturated carbocycles. The lowest BCUT2D eigenvalue weighted by Crippen LogP contribution is -2.18. The van der Waals surface area contributed by atoms with Crippen LogP contribution in [0.25, 0.3) is 0 Å². The predicted molar refractivity (Wildman–Crippen MR) is 43.6 cm³/mol. The first-order chi connectivity index (χ1) is 4.67. The van der Waals surface area contributed by atoms with Gasteiger partial charge in [-0.15, -0.1) is 6.42 Å². The average molecular weight is 137 g/mol. The van der Waals surface area contributed by atoms with E-state index in [4.69, 9.17) is 6.42 Å². The van der Waals surface area contributed by atoms with Gasteiger partial charge in [0.05, 0.1) is 6.54 Å². The van der Waals surface area contributed by atoms with E-state index in [1.165, 1.54) is 6.42 Å². The Morgan fingerprint density at radius 3 is 2.70 bits per heavy atom. The molecule has 0 aromatic rings. The molecular formula is C9H15N. The summed E-state index contributed by atoms with van der Waals surface area (Å²) >= 11 is 0. The van der Waals surface area contributed by atoms with Gasteiger partial charge in [-0.05, 0) is 24.3 Å². The van der Waals surface area contributed by atoms with Gasteiger partial charge in [0.15, 0.2) is 0 Å². The SMILES string of the molecule is C#CCNCC1CC1(C)C. The zero-order valence-corrected chi connectivity index (χ0v) is 6.78. The zero-order chi connectivity index (χ0) is 7.61. The van der Waals surface area contributed by atoms with Crippen molar-refractivity contribution < 1.29 is 0 Å². The number of nitrogens with one attached hydrogen (secondary N) is 1. The van der Waals surface area contributed by atoms with Crippen LogP contribution in [0.2, 0.25) is 0 Å². The lowest BCUT2D eigenvalue weighted by Gasteiger charge is -2.01. The molecule has 0 bridgehead atoms. The Hall–Kier alpha value is -0.480. The van der Waals surface area contributed by atoms with Gasteiger partial charge in [-0.1, -0.05) is 19.8 Å². The molecule has 0 radical (unpaired) electrons. The van der Waals surface area contributed by atoms with Crippen LogP contribution < -0.4 is 5.32 Å². The summed E-state index contributed by atoms with van der Waals surface area (Å²) in [6.45, 7) is 6.41. The molecule has 1 nitrogen and oxygen atoms in total. The van der Waals surface area contributed by atoms with Crippen LogP contribution in [0.15, 0.2) is 0 Å². The Kier molecular flexibility index (Phi) is 2.01. The highest BCUT2D eigenvalue weighted by Crippen LogP contribution is 2.50. The fraction of sp³-hybridized carbons (Fsp3) is 0.778. The van der Waals surface area contributed by atoms with Gasteiger partial charge in [0, 0.05) is 0 Å². The van der Waals surface area contributed by atoms with Crippen molar-refractivity contribution in [2.45, 2.75) is 20.3 Å². The monoisotopic (exact) mass is 137 g/mol. The maximum Gasteiger partial charge on any atom is 0.0573 e. The lowest BCUT2D eigenvalue weighted by molar-refractivity contribution is 0.533. The summed E-state index contributed by atoms with van der Waals surface area (Å²) in [5, 5.41) is 3.22. The molecule has 0 heterocycles. The van der Waals surface area contributed by atoms with Crippen molar-refractivity contribution in [1.82, 2.24) is 5.32 Å². The third kappa shape index (κ3) is 1.75. The van der Waals surface area contributed by atoms with Gasteiger partial charge in [0.25, 0.3) is 0 Å². The summed E-state index contributed by atoms with van der Waals surface area (Å²) < 4.78 is 0. The third-order valence-corrected chi connectivity index (χ3v) is 2.34. The normalized spacial score (nSPS) is 27.5. The van der Waals surface area contributed by atoms with Crippen molar-refractivity contribution in [3.8, 4) is 12.3 Å². The molecular weight excluding hydrogens is 122 g/mol. The van der Waals surface area contributed by atoms with Crippen LogP contribution in [0.1, 0.15) is 20.3 Å². The maximum absolute atomic E-state index is 5.09. The minimum absolute atomic E-state index is 0.585. The van der Waals surface area contributed by atoms with Crippen LogP contribution in [-0.2, 0) is 0 Å². The largest absolute Gasteiger partial charge is 0.306 e. The van der Waals surface area contributed by atoms with Gasteiger partial charge >= 0.3 is 0 Å². The molecule has 0 amide bonds. The van der Waals surface area contributed by atoms with E-state index in [0.29, 0.717) is 12.0 Å². The lowest BCUT2D eigenvalue weighted by atomic mass is 10.1. The number of rotatable bonds is 3. The highest BCUT2D eigenvalue weighted by molar-refractivity contribution is 4.97. The predicted octanol–water partition coefficient (Wildman–Crippen LogP) is 1.26. The molecule has 1 heteroatoms. The van der Waals surface area contributed by atoms with E-state index in [9.17, 15) is 0 Å². The van der Waals surface area contributed by atoms with Crippen LogP contribution in [0.3, 0.4) is 0 Å². The third-order valence-electron chi connectivity index (χ3n) is 2.34. The Morgan fingerprint density at radius 2 is 2.30 bits per heavy atom. The molecule has 1 atom stereocenters. The molecule has 1 unspecified atom stereocenters.